The molecule has 4 heteroatoms. The monoisotopic (exact) mass is 437 g/mol. The second-order valence-electron chi connectivity index (χ2n) is 9.71. The van der Waals surface area contributed by atoms with Gasteiger partial charge in [-0.25, -0.2) is 0 Å². The molecule has 164 valence electrons. The molecule has 3 fully saturated rings. The van der Waals surface area contributed by atoms with Crippen LogP contribution >= 0.6 is 11.6 Å². The number of nitrogens with zero attached hydrogens (tertiary/aromatic N) is 1. The van der Waals surface area contributed by atoms with Crippen LogP contribution in [0.3, 0.4) is 0 Å². The van der Waals surface area contributed by atoms with Crippen molar-refractivity contribution in [2.75, 3.05) is 13.7 Å². The highest BCUT2D eigenvalue weighted by atomic mass is 35.5. The van der Waals surface area contributed by atoms with Crippen molar-refractivity contribution in [3.05, 3.63) is 64.7 Å². The lowest BCUT2D eigenvalue weighted by Gasteiger charge is -2.55. The summed E-state index contributed by atoms with van der Waals surface area (Å²) in [6, 6.07) is 17.2. The number of halogens is 1. The van der Waals surface area contributed by atoms with Gasteiger partial charge in [0, 0.05) is 29.9 Å². The average Bonchev–Trinajstić information content (AvgIpc) is 2.80. The number of ketones is 1. The smallest absolute Gasteiger partial charge is 0.136 e. The van der Waals surface area contributed by atoms with E-state index in [1.54, 1.807) is 7.11 Å². The topological polar surface area (TPSA) is 29.5 Å². The largest absolute Gasteiger partial charge is 0.497 e. The van der Waals surface area contributed by atoms with Gasteiger partial charge in [-0.2, -0.15) is 0 Å². The maximum atomic E-state index is 13.2. The van der Waals surface area contributed by atoms with Gasteiger partial charge in [-0.05, 0) is 85.4 Å². The summed E-state index contributed by atoms with van der Waals surface area (Å²) in [5.74, 6) is 3.33. The molecule has 1 saturated heterocycles. The van der Waals surface area contributed by atoms with Gasteiger partial charge in [0.2, 0.25) is 0 Å². The van der Waals surface area contributed by atoms with E-state index in [0.29, 0.717) is 29.6 Å². The minimum Gasteiger partial charge on any atom is -0.497 e. The van der Waals surface area contributed by atoms with Crippen LogP contribution in [0.4, 0.5) is 0 Å². The van der Waals surface area contributed by atoms with Gasteiger partial charge in [-0.1, -0.05) is 42.3 Å². The fraction of sp³-hybridized carbons (Fsp3) is 0.519. The van der Waals surface area contributed by atoms with Crippen molar-refractivity contribution < 1.29 is 9.53 Å². The lowest BCUT2D eigenvalue weighted by molar-refractivity contribution is -0.139. The van der Waals surface area contributed by atoms with Gasteiger partial charge < -0.3 is 4.74 Å². The second kappa shape index (κ2) is 8.96. The maximum Gasteiger partial charge on any atom is 0.136 e. The predicted octanol–water partition coefficient (Wildman–Crippen LogP) is 5.79. The number of hydrogen-bond donors (Lipinski definition) is 0. The lowest BCUT2D eigenvalue weighted by atomic mass is 9.55. The van der Waals surface area contributed by atoms with Gasteiger partial charge in [0.05, 0.1) is 7.11 Å². The third kappa shape index (κ3) is 4.27. The first-order valence-electron chi connectivity index (χ1n) is 11.8. The Labute approximate surface area is 190 Å². The van der Waals surface area contributed by atoms with Gasteiger partial charge in [0.25, 0.3) is 0 Å². The van der Waals surface area contributed by atoms with Gasteiger partial charge in [0.1, 0.15) is 11.5 Å². The summed E-state index contributed by atoms with van der Waals surface area (Å²) in [5.41, 5.74) is 2.60. The molecule has 31 heavy (non-hydrogen) atoms. The first-order chi connectivity index (χ1) is 15.1. The van der Waals surface area contributed by atoms with E-state index in [0.717, 1.165) is 43.1 Å². The summed E-state index contributed by atoms with van der Waals surface area (Å²) in [5, 5.41) is 0.798. The Morgan fingerprint density at radius 2 is 1.74 bits per heavy atom. The van der Waals surface area contributed by atoms with Crippen LogP contribution < -0.4 is 4.74 Å². The highest BCUT2D eigenvalue weighted by Crippen LogP contribution is 2.51. The Kier molecular flexibility index (Phi) is 6.08. The van der Waals surface area contributed by atoms with Crippen LogP contribution in [0.1, 0.15) is 43.2 Å². The van der Waals surface area contributed by atoms with Crippen molar-refractivity contribution in [3.8, 4) is 5.75 Å². The first-order valence-corrected chi connectivity index (χ1v) is 12.1. The molecule has 3 aliphatic rings. The zero-order valence-electron chi connectivity index (χ0n) is 18.3. The van der Waals surface area contributed by atoms with Crippen molar-refractivity contribution in [1.29, 1.82) is 0 Å². The number of methoxy groups -OCH3 is 1. The molecule has 2 aliphatic carbocycles. The predicted molar refractivity (Wildman–Crippen MR) is 124 cm³/mol. The fourth-order valence-corrected chi connectivity index (χ4v) is 6.80. The van der Waals surface area contributed by atoms with Crippen molar-refractivity contribution >= 4 is 17.4 Å². The Balaban J connectivity index is 1.35. The zero-order chi connectivity index (χ0) is 21.4. The van der Waals surface area contributed by atoms with Crippen molar-refractivity contribution in [2.45, 2.75) is 51.1 Å². The van der Waals surface area contributed by atoms with Crippen molar-refractivity contribution in [3.63, 3.8) is 0 Å². The molecule has 0 bridgehead atoms. The summed E-state index contributed by atoms with van der Waals surface area (Å²) in [6.07, 6.45) is 6.54. The second-order valence-corrected chi connectivity index (χ2v) is 10.2. The van der Waals surface area contributed by atoms with E-state index in [2.05, 4.69) is 29.2 Å². The summed E-state index contributed by atoms with van der Waals surface area (Å²) < 4.78 is 5.30. The zero-order valence-corrected chi connectivity index (χ0v) is 19.1. The van der Waals surface area contributed by atoms with Gasteiger partial charge in [0.15, 0.2) is 0 Å². The standard InChI is InChI=1S/C27H32ClNO2/c1-31-22-11-7-18(8-12-22)15-24-23-3-2-4-25-27(23)20(16-26(24)30)13-14-29(25)17-19-5-9-21(28)10-6-19/h5-12,20,23-25,27H,2-4,13-17H2,1H3/t20-,23+,24+,25+,27+/m1/s1. The number of piperidine rings is 1. The van der Waals surface area contributed by atoms with E-state index in [-0.39, 0.29) is 5.92 Å². The molecule has 2 aromatic carbocycles. The van der Waals surface area contributed by atoms with E-state index < -0.39 is 0 Å². The number of likely N-dealkylation sites (tertiary alicyclic amines) is 1. The van der Waals surface area contributed by atoms with Crippen LogP contribution in [-0.2, 0) is 17.8 Å². The third-order valence-corrected chi connectivity index (χ3v) is 8.34. The molecule has 3 nitrogen and oxygen atoms in total. The normalized spacial score (nSPS) is 30.6. The quantitative estimate of drug-likeness (QED) is 0.593. The molecule has 5 rings (SSSR count). The van der Waals surface area contributed by atoms with Gasteiger partial charge >= 0.3 is 0 Å². The van der Waals surface area contributed by atoms with E-state index in [1.165, 1.54) is 30.4 Å². The SMILES string of the molecule is COc1ccc(C[C@@H]2C(=O)C[C@H]3CCN(Cc4ccc(Cl)cc4)[C@H]4CCC[C@@H]2[C@H]34)cc1. The molecular formula is C27H32ClNO2. The van der Waals surface area contributed by atoms with Crippen LogP contribution in [0, 0.1) is 23.7 Å². The van der Waals surface area contributed by atoms with E-state index in [9.17, 15) is 4.79 Å². The van der Waals surface area contributed by atoms with Crippen molar-refractivity contribution in [2.24, 2.45) is 23.7 Å². The minimum absolute atomic E-state index is 0.174. The van der Waals surface area contributed by atoms with Crippen LogP contribution in [0.25, 0.3) is 0 Å². The van der Waals surface area contributed by atoms with Crippen molar-refractivity contribution in [1.82, 2.24) is 4.90 Å². The van der Waals surface area contributed by atoms with Gasteiger partial charge in [-0.3, -0.25) is 9.69 Å². The Morgan fingerprint density at radius 1 is 1.00 bits per heavy atom. The van der Waals surface area contributed by atoms with Crippen LogP contribution in [0.2, 0.25) is 5.02 Å². The highest BCUT2D eigenvalue weighted by molar-refractivity contribution is 6.30. The van der Waals surface area contributed by atoms with E-state index in [1.807, 2.05) is 24.3 Å². The Bertz CT molecular complexity index is 910. The summed E-state index contributed by atoms with van der Waals surface area (Å²) in [7, 11) is 1.70. The number of Topliss-reactive ketones (excluding diaryl/α,β-unsaturated/α-hetero) is 1. The Hall–Kier alpha value is -1.84. The molecule has 0 spiro atoms. The van der Waals surface area contributed by atoms with Crippen LogP contribution in [-0.4, -0.2) is 30.4 Å². The first kappa shape index (κ1) is 21.0. The molecule has 0 amide bonds. The number of carbonyl (C=O) groups is 1. The number of benzene rings is 2. The molecule has 0 unspecified atom stereocenters. The Morgan fingerprint density at radius 3 is 2.48 bits per heavy atom. The summed E-state index contributed by atoms with van der Waals surface area (Å²) in [4.78, 5) is 15.9. The fourth-order valence-electron chi connectivity index (χ4n) is 6.67. The number of rotatable bonds is 5. The number of carbonyl (C=O) groups excluding carboxylic acids is 1. The minimum atomic E-state index is 0.174. The van der Waals surface area contributed by atoms with Crippen LogP contribution in [0.5, 0.6) is 5.75 Å². The molecule has 0 radical (unpaired) electrons. The van der Waals surface area contributed by atoms with Crippen LogP contribution in [0.15, 0.2) is 48.5 Å². The molecule has 1 aliphatic heterocycles. The summed E-state index contributed by atoms with van der Waals surface area (Å²) >= 11 is 6.09. The molecule has 2 aromatic rings. The molecule has 5 atom stereocenters. The maximum absolute atomic E-state index is 13.2. The highest BCUT2D eigenvalue weighted by Gasteiger charge is 2.51. The van der Waals surface area contributed by atoms with Gasteiger partial charge in [-0.15, -0.1) is 0 Å². The number of ether oxygens (including phenoxy) is 1. The molecule has 0 N–H and O–H groups in total. The third-order valence-electron chi connectivity index (χ3n) is 8.08. The van der Waals surface area contributed by atoms with E-state index in [4.69, 9.17) is 16.3 Å². The molecule has 1 heterocycles. The molecule has 2 saturated carbocycles. The number of hydrogen-bond acceptors (Lipinski definition) is 3. The summed E-state index contributed by atoms with van der Waals surface area (Å²) in [6.45, 7) is 2.10. The molecule has 0 aromatic heterocycles. The molecular weight excluding hydrogens is 406 g/mol. The lowest BCUT2D eigenvalue weighted by Crippen LogP contribution is -2.57. The van der Waals surface area contributed by atoms with E-state index >= 15 is 0 Å². The average molecular weight is 438 g/mol.